The van der Waals surface area contributed by atoms with Gasteiger partial charge in [0, 0.05) is 35.1 Å². The molecule has 1 N–H and O–H groups in total. The van der Waals surface area contributed by atoms with Crippen molar-refractivity contribution in [1.29, 1.82) is 0 Å². The first kappa shape index (κ1) is 15.3. The monoisotopic (exact) mass is 437 g/mol. The summed E-state index contributed by atoms with van der Waals surface area (Å²) >= 11 is 6.59. The third kappa shape index (κ3) is 2.71. The number of nitrogens with one attached hydrogen (secondary N) is 1. The fourth-order valence-electron chi connectivity index (χ4n) is 2.61. The molecule has 1 aromatic carbocycles. The average molecular weight is 439 g/mol. The number of nitrogens with zero attached hydrogens (tertiary/aromatic N) is 2. The van der Waals surface area contributed by atoms with Gasteiger partial charge in [0.05, 0.1) is 10.9 Å². The van der Waals surface area contributed by atoms with Crippen LogP contribution >= 0.6 is 31.9 Å². The lowest BCUT2D eigenvalue weighted by Crippen LogP contribution is -2.53. The Hall–Kier alpha value is -0.640. The van der Waals surface area contributed by atoms with Crippen molar-refractivity contribution in [1.82, 2.24) is 14.5 Å². The summed E-state index contributed by atoms with van der Waals surface area (Å²) in [6, 6.07) is 4.87. The van der Waals surface area contributed by atoms with Crippen LogP contribution in [-0.4, -0.2) is 55.9 Å². The van der Waals surface area contributed by atoms with Gasteiger partial charge < -0.3 is 10.2 Å². The smallest absolute Gasteiger partial charge is 0.317 e. The van der Waals surface area contributed by atoms with E-state index in [2.05, 4.69) is 37.2 Å². The molecular weight excluding hydrogens is 426 g/mol. The van der Waals surface area contributed by atoms with Crippen molar-refractivity contribution >= 4 is 47.9 Å². The molecule has 2 aliphatic rings. The summed E-state index contributed by atoms with van der Waals surface area (Å²) in [6.07, 6.45) is 0. The molecule has 2 amide bonds. The van der Waals surface area contributed by atoms with Gasteiger partial charge in [-0.3, -0.25) is 0 Å². The van der Waals surface area contributed by atoms with Crippen LogP contribution in [-0.2, 0) is 10.0 Å². The minimum absolute atomic E-state index is 0.0908. The van der Waals surface area contributed by atoms with Crippen LogP contribution in [0.3, 0.4) is 0 Å². The van der Waals surface area contributed by atoms with E-state index in [0.717, 1.165) is 0 Å². The van der Waals surface area contributed by atoms with E-state index in [1.54, 1.807) is 23.1 Å². The van der Waals surface area contributed by atoms with Gasteiger partial charge in [0.1, 0.15) is 0 Å². The van der Waals surface area contributed by atoms with Crippen molar-refractivity contribution in [3.05, 3.63) is 27.1 Å². The normalized spacial score (nSPS) is 23.0. The van der Waals surface area contributed by atoms with Crippen molar-refractivity contribution in [3.8, 4) is 0 Å². The summed E-state index contributed by atoms with van der Waals surface area (Å²) in [4.78, 5) is 13.5. The van der Waals surface area contributed by atoms with E-state index in [0.29, 0.717) is 35.1 Å². The molecule has 114 valence electrons. The molecule has 0 aliphatic carbocycles. The number of halogens is 2. The number of piperazine rings is 1. The Morgan fingerprint density at radius 3 is 2.76 bits per heavy atom. The Bertz CT molecular complexity index is 695. The van der Waals surface area contributed by atoms with E-state index < -0.39 is 10.0 Å². The van der Waals surface area contributed by atoms with Crippen LogP contribution in [0.15, 0.2) is 32.0 Å². The van der Waals surface area contributed by atoms with Crippen LogP contribution in [0.25, 0.3) is 0 Å². The molecular formula is C12H13Br2N3O3S. The van der Waals surface area contributed by atoms with Gasteiger partial charge in [-0.25, -0.2) is 13.2 Å². The van der Waals surface area contributed by atoms with Crippen LogP contribution in [0.2, 0.25) is 0 Å². The Morgan fingerprint density at radius 1 is 1.24 bits per heavy atom. The molecule has 0 radical (unpaired) electrons. The predicted octanol–water partition coefficient (Wildman–Crippen LogP) is 1.61. The summed E-state index contributed by atoms with van der Waals surface area (Å²) in [7, 11) is -3.58. The fourth-order valence-corrected chi connectivity index (χ4v) is 5.54. The molecule has 0 bridgehead atoms. The zero-order valence-corrected chi connectivity index (χ0v) is 14.9. The summed E-state index contributed by atoms with van der Waals surface area (Å²) < 4.78 is 28.3. The fraction of sp³-hybridized carbons (Fsp3) is 0.417. The highest BCUT2D eigenvalue weighted by molar-refractivity contribution is 9.11. The van der Waals surface area contributed by atoms with Crippen LogP contribution in [0.1, 0.15) is 0 Å². The molecule has 2 saturated heterocycles. The number of urea groups is 1. The number of fused-ring (bicyclic) bond motifs is 1. The minimum Gasteiger partial charge on any atom is -0.336 e. The molecule has 0 saturated carbocycles. The minimum atomic E-state index is -3.58. The summed E-state index contributed by atoms with van der Waals surface area (Å²) in [5.41, 5.74) is 0. The second-order valence-corrected chi connectivity index (χ2v) is 8.65. The maximum atomic E-state index is 12.8. The lowest BCUT2D eigenvalue weighted by Gasteiger charge is -2.35. The van der Waals surface area contributed by atoms with Gasteiger partial charge >= 0.3 is 6.03 Å². The number of carbonyl (C=O) groups is 1. The van der Waals surface area contributed by atoms with Crippen molar-refractivity contribution in [2.75, 3.05) is 26.2 Å². The Morgan fingerprint density at radius 2 is 2.00 bits per heavy atom. The molecule has 3 rings (SSSR count). The molecule has 6 nitrogen and oxygen atoms in total. The summed E-state index contributed by atoms with van der Waals surface area (Å²) in [5.74, 6) is 0. The predicted molar refractivity (Wildman–Crippen MR) is 84.5 cm³/mol. The van der Waals surface area contributed by atoms with Crippen molar-refractivity contribution < 1.29 is 13.2 Å². The third-order valence-electron chi connectivity index (χ3n) is 3.71. The second-order valence-electron chi connectivity index (χ2n) is 4.97. The lowest BCUT2D eigenvalue weighted by molar-refractivity contribution is 0.164. The van der Waals surface area contributed by atoms with Crippen LogP contribution in [0, 0.1) is 0 Å². The van der Waals surface area contributed by atoms with Crippen molar-refractivity contribution in [2.24, 2.45) is 0 Å². The van der Waals surface area contributed by atoms with E-state index >= 15 is 0 Å². The highest BCUT2D eigenvalue weighted by Gasteiger charge is 2.40. The largest absolute Gasteiger partial charge is 0.336 e. The topological polar surface area (TPSA) is 69.7 Å². The van der Waals surface area contributed by atoms with Gasteiger partial charge in [0.2, 0.25) is 10.0 Å². The number of sulfonamides is 1. The third-order valence-corrected chi connectivity index (χ3v) is 7.06. The highest BCUT2D eigenvalue weighted by Crippen LogP contribution is 2.29. The molecule has 21 heavy (non-hydrogen) atoms. The number of rotatable bonds is 2. The summed E-state index contributed by atoms with van der Waals surface area (Å²) in [6.45, 7) is 1.54. The van der Waals surface area contributed by atoms with Crippen LogP contribution in [0.5, 0.6) is 0 Å². The van der Waals surface area contributed by atoms with Crippen molar-refractivity contribution in [3.63, 3.8) is 0 Å². The standard InChI is InChI=1S/C12H13Br2N3O3S/c13-8-1-2-10(14)11(5-8)21(19,20)16-3-4-17-9(7-16)6-15-12(17)18/h1-2,5,9H,3-4,6-7H2,(H,15,18). The van der Waals surface area contributed by atoms with Gasteiger partial charge in [-0.1, -0.05) is 15.9 Å². The zero-order chi connectivity index (χ0) is 15.2. The maximum Gasteiger partial charge on any atom is 0.317 e. The quantitative estimate of drug-likeness (QED) is 0.762. The van der Waals surface area contributed by atoms with Gasteiger partial charge in [-0.2, -0.15) is 4.31 Å². The second kappa shape index (κ2) is 5.53. The molecule has 9 heteroatoms. The average Bonchev–Trinajstić information content (AvgIpc) is 2.82. The number of hydrogen-bond donors (Lipinski definition) is 1. The number of benzene rings is 1. The van der Waals surface area contributed by atoms with Crippen molar-refractivity contribution in [2.45, 2.75) is 10.9 Å². The number of hydrogen-bond acceptors (Lipinski definition) is 3. The Kier molecular flexibility index (Phi) is 4.02. The van der Waals surface area contributed by atoms with Gasteiger partial charge in [0.15, 0.2) is 0 Å². The molecule has 1 aromatic rings. The molecule has 2 aliphatic heterocycles. The van der Waals surface area contributed by atoms with E-state index in [-0.39, 0.29) is 17.0 Å². The molecule has 0 spiro atoms. The number of amides is 2. The first-order valence-corrected chi connectivity index (χ1v) is 9.42. The van der Waals surface area contributed by atoms with Gasteiger partial charge in [-0.15, -0.1) is 0 Å². The van der Waals surface area contributed by atoms with E-state index in [9.17, 15) is 13.2 Å². The van der Waals surface area contributed by atoms with Crippen LogP contribution < -0.4 is 5.32 Å². The molecule has 2 heterocycles. The van der Waals surface area contributed by atoms with Gasteiger partial charge in [-0.05, 0) is 34.1 Å². The Balaban J connectivity index is 1.89. The maximum absolute atomic E-state index is 12.8. The molecule has 1 unspecified atom stereocenters. The van der Waals surface area contributed by atoms with Crippen LogP contribution in [0.4, 0.5) is 4.79 Å². The first-order chi connectivity index (χ1) is 9.89. The lowest BCUT2D eigenvalue weighted by atomic mass is 10.2. The Labute approximate surface area is 139 Å². The zero-order valence-electron chi connectivity index (χ0n) is 10.9. The van der Waals surface area contributed by atoms with Gasteiger partial charge in [0.25, 0.3) is 0 Å². The SMILES string of the molecule is O=C1NCC2CN(S(=O)(=O)c3cc(Br)ccc3Br)CCN12. The van der Waals surface area contributed by atoms with E-state index in [1.165, 1.54) is 4.31 Å². The highest BCUT2D eigenvalue weighted by atomic mass is 79.9. The van der Waals surface area contributed by atoms with E-state index in [1.807, 2.05) is 0 Å². The number of carbonyl (C=O) groups excluding carboxylic acids is 1. The molecule has 1 atom stereocenters. The molecule has 0 aromatic heterocycles. The summed E-state index contributed by atoms with van der Waals surface area (Å²) in [5, 5.41) is 2.74. The first-order valence-electron chi connectivity index (χ1n) is 6.39. The van der Waals surface area contributed by atoms with E-state index in [4.69, 9.17) is 0 Å². The molecule has 2 fully saturated rings.